The van der Waals surface area contributed by atoms with E-state index in [2.05, 4.69) is 37.7 Å². The van der Waals surface area contributed by atoms with Gasteiger partial charge in [-0.2, -0.15) is 10.1 Å². The van der Waals surface area contributed by atoms with Gasteiger partial charge in [0.25, 0.3) is 0 Å². The van der Waals surface area contributed by atoms with Gasteiger partial charge < -0.3 is 25.3 Å². The molecule has 1 heterocycles. The Balaban J connectivity index is 1.87. The predicted molar refractivity (Wildman–Crippen MR) is 124 cm³/mol. The van der Waals surface area contributed by atoms with Gasteiger partial charge in [0.15, 0.2) is 5.82 Å². The van der Waals surface area contributed by atoms with Crippen LogP contribution in [0.5, 0.6) is 5.75 Å². The minimum Gasteiger partial charge on any atom is -0.495 e. The predicted octanol–water partition coefficient (Wildman–Crippen LogP) is 3.74. The van der Waals surface area contributed by atoms with Gasteiger partial charge in [-0.25, -0.2) is 0 Å². The minimum absolute atomic E-state index is 0.212. The fourth-order valence-electron chi connectivity index (χ4n) is 2.80. The Morgan fingerprint density at radius 1 is 1.13 bits per heavy atom. The third kappa shape index (κ3) is 5.67. The Bertz CT molecular complexity index is 1160. The van der Waals surface area contributed by atoms with Crippen LogP contribution in [0, 0.1) is 0 Å². The summed E-state index contributed by atoms with van der Waals surface area (Å²) in [5.41, 5.74) is 1.77. The van der Waals surface area contributed by atoms with Crippen molar-refractivity contribution in [3.8, 4) is 5.75 Å². The summed E-state index contributed by atoms with van der Waals surface area (Å²) in [5.74, 6) is 0.836. The summed E-state index contributed by atoms with van der Waals surface area (Å²) in [6, 6.07) is 12.4. The van der Waals surface area contributed by atoms with Crippen LogP contribution in [0.3, 0.4) is 0 Å². The fraction of sp³-hybridized carbons (Fsp3) is 0.143. The minimum atomic E-state index is -2.49. The quantitative estimate of drug-likeness (QED) is 0.360. The number of nitrogens with one attached hydrogen (secondary N) is 3. The molecule has 2 aromatic carbocycles. The molecule has 0 spiro atoms. The lowest BCUT2D eigenvalue weighted by atomic mass is 10.2. The van der Waals surface area contributed by atoms with Crippen LogP contribution in [0.25, 0.3) is 0 Å². The molecule has 0 unspecified atom stereocenters. The van der Waals surface area contributed by atoms with Gasteiger partial charge in [-0.05, 0) is 49.7 Å². The van der Waals surface area contributed by atoms with Crippen molar-refractivity contribution in [3.63, 3.8) is 0 Å². The van der Waals surface area contributed by atoms with Crippen LogP contribution in [-0.4, -0.2) is 41.5 Å². The molecule has 0 radical (unpaired) electrons. The van der Waals surface area contributed by atoms with Gasteiger partial charge in [0, 0.05) is 11.0 Å². The first-order valence-corrected chi connectivity index (χ1v) is 11.9. The highest BCUT2D eigenvalue weighted by molar-refractivity contribution is 7.70. The molecule has 0 aliphatic rings. The molecule has 0 atom stereocenters. The molecule has 0 aliphatic heterocycles. The van der Waals surface area contributed by atoms with E-state index in [1.165, 1.54) is 19.4 Å². The van der Waals surface area contributed by atoms with E-state index in [1.54, 1.807) is 31.5 Å². The molecule has 0 saturated carbocycles. The molecule has 3 N–H and O–H groups in total. The van der Waals surface area contributed by atoms with Gasteiger partial charge in [0.05, 0.1) is 24.7 Å². The molecule has 0 aliphatic carbocycles. The van der Waals surface area contributed by atoms with Crippen molar-refractivity contribution in [3.05, 3.63) is 61.3 Å². The number of anilines is 5. The number of aromatic nitrogens is 3. The highest BCUT2D eigenvalue weighted by atomic mass is 31.2. The Hall–Kier alpha value is -3.71. The number of methoxy groups -OCH3 is 1. The number of carbonyl (C=O) groups excluding carboxylic acids is 1. The zero-order chi connectivity index (χ0) is 22.4. The Morgan fingerprint density at radius 2 is 1.90 bits per heavy atom. The van der Waals surface area contributed by atoms with Crippen molar-refractivity contribution in [2.24, 2.45) is 0 Å². The van der Waals surface area contributed by atoms with Crippen molar-refractivity contribution in [2.45, 2.75) is 0 Å². The van der Waals surface area contributed by atoms with Gasteiger partial charge in [0.1, 0.15) is 12.9 Å². The Labute approximate surface area is 180 Å². The third-order valence-corrected chi connectivity index (χ3v) is 5.75. The lowest BCUT2D eigenvalue weighted by molar-refractivity contribution is -0.111. The molecule has 3 aromatic rings. The summed E-state index contributed by atoms with van der Waals surface area (Å²) in [4.78, 5) is 16.0. The number of nitrogens with zero attached hydrogens (tertiary/aromatic N) is 3. The average molecular weight is 438 g/mol. The number of hydrogen-bond acceptors (Lipinski definition) is 8. The van der Waals surface area contributed by atoms with Gasteiger partial charge in [-0.1, -0.05) is 18.7 Å². The second kappa shape index (κ2) is 9.40. The normalized spacial score (nSPS) is 10.8. The zero-order valence-electron chi connectivity index (χ0n) is 17.4. The summed E-state index contributed by atoms with van der Waals surface area (Å²) in [6.45, 7) is 6.86. The van der Waals surface area contributed by atoms with E-state index >= 15 is 0 Å². The van der Waals surface area contributed by atoms with Gasteiger partial charge in [-0.15, -0.1) is 5.10 Å². The van der Waals surface area contributed by atoms with Crippen molar-refractivity contribution < 1.29 is 14.1 Å². The first-order chi connectivity index (χ1) is 14.8. The lowest BCUT2D eigenvalue weighted by Crippen LogP contribution is -2.11. The van der Waals surface area contributed by atoms with Gasteiger partial charge in [-0.3, -0.25) is 4.79 Å². The Morgan fingerprint density at radius 3 is 2.61 bits per heavy atom. The van der Waals surface area contributed by atoms with E-state index < -0.39 is 7.14 Å². The van der Waals surface area contributed by atoms with E-state index in [4.69, 9.17) is 4.74 Å². The van der Waals surface area contributed by atoms with Gasteiger partial charge in [0.2, 0.25) is 11.9 Å². The van der Waals surface area contributed by atoms with Crippen LogP contribution in [0.1, 0.15) is 0 Å². The summed E-state index contributed by atoms with van der Waals surface area (Å²) < 4.78 is 18.0. The number of benzene rings is 2. The first-order valence-electron chi connectivity index (χ1n) is 9.30. The molecule has 10 heteroatoms. The fourth-order valence-corrected chi connectivity index (χ4v) is 3.96. The van der Waals surface area contributed by atoms with E-state index in [1.807, 2.05) is 24.3 Å². The number of para-hydroxylation sites is 1. The molecular weight excluding hydrogens is 415 g/mol. The number of rotatable bonds is 8. The van der Waals surface area contributed by atoms with Crippen LogP contribution in [0.15, 0.2) is 61.3 Å². The van der Waals surface area contributed by atoms with Crippen molar-refractivity contribution in [1.82, 2.24) is 15.2 Å². The summed E-state index contributed by atoms with van der Waals surface area (Å²) in [7, 11) is -0.958. The third-order valence-electron chi connectivity index (χ3n) is 4.20. The van der Waals surface area contributed by atoms with E-state index in [0.717, 1.165) is 5.30 Å². The lowest BCUT2D eigenvalue weighted by Gasteiger charge is -2.15. The van der Waals surface area contributed by atoms with E-state index in [0.29, 0.717) is 28.6 Å². The number of amides is 1. The molecule has 0 fully saturated rings. The van der Waals surface area contributed by atoms with Crippen LogP contribution in [0.4, 0.5) is 28.8 Å². The molecule has 31 heavy (non-hydrogen) atoms. The van der Waals surface area contributed by atoms with Crippen molar-refractivity contribution in [1.29, 1.82) is 0 Å². The van der Waals surface area contributed by atoms with Crippen LogP contribution >= 0.6 is 7.14 Å². The van der Waals surface area contributed by atoms with Crippen LogP contribution < -0.4 is 26.0 Å². The summed E-state index contributed by atoms with van der Waals surface area (Å²) in [5, 5.41) is 17.6. The zero-order valence-corrected chi connectivity index (χ0v) is 18.3. The maximum absolute atomic E-state index is 12.6. The first kappa shape index (κ1) is 22.0. The van der Waals surface area contributed by atoms with Gasteiger partial charge >= 0.3 is 0 Å². The molecule has 9 nitrogen and oxygen atoms in total. The molecule has 1 amide bonds. The maximum atomic E-state index is 12.6. The topological polar surface area (TPSA) is 118 Å². The van der Waals surface area contributed by atoms with Crippen LogP contribution in [-0.2, 0) is 9.36 Å². The van der Waals surface area contributed by atoms with Crippen molar-refractivity contribution >= 4 is 47.2 Å². The molecular formula is C21H23N6O3P. The standard InChI is InChI=1S/C21H23N6O3P/c1-5-20(28)23-14-10-11-17(30-2)16(12-14)25-21-26-19(13-22-27-21)24-15-8-6-7-9-18(15)31(3,4)29/h5-13H,1H2,2-4H3,(H,23,28)(H2,24,25,26,27). The molecule has 0 bridgehead atoms. The number of hydrogen-bond donors (Lipinski definition) is 3. The van der Waals surface area contributed by atoms with Crippen molar-refractivity contribution in [2.75, 3.05) is 36.4 Å². The molecule has 160 valence electrons. The summed E-state index contributed by atoms with van der Waals surface area (Å²) in [6.07, 6.45) is 2.65. The molecule has 0 saturated heterocycles. The Kier molecular flexibility index (Phi) is 6.67. The second-order valence-corrected chi connectivity index (χ2v) is 10.1. The summed E-state index contributed by atoms with van der Waals surface area (Å²) >= 11 is 0. The second-order valence-electron chi connectivity index (χ2n) is 6.89. The van der Waals surface area contributed by atoms with E-state index in [-0.39, 0.29) is 11.9 Å². The smallest absolute Gasteiger partial charge is 0.249 e. The van der Waals surface area contributed by atoms with E-state index in [9.17, 15) is 9.36 Å². The maximum Gasteiger partial charge on any atom is 0.249 e. The van der Waals surface area contributed by atoms with Crippen LogP contribution in [0.2, 0.25) is 0 Å². The molecule has 1 aromatic heterocycles. The number of ether oxygens (including phenoxy) is 1. The highest BCUT2D eigenvalue weighted by Gasteiger charge is 2.16. The average Bonchev–Trinajstić information content (AvgIpc) is 2.74. The number of carbonyl (C=O) groups is 1. The monoisotopic (exact) mass is 438 g/mol. The highest BCUT2D eigenvalue weighted by Crippen LogP contribution is 2.38. The SMILES string of the molecule is C=CC(=O)Nc1ccc(OC)c(Nc2nncc(Nc3ccccc3P(C)(C)=O)n2)c1. The molecule has 3 rings (SSSR count). The largest absolute Gasteiger partial charge is 0.495 e.